The van der Waals surface area contributed by atoms with E-state index in [1.165, 1.54) is 0 Å². The number of nitrogens with one attached hydrogen (secondary N) is 1. The third kappa shape index (κ3) is 3.85. The molecule has 0 saturated heterocycles. The zero-order chi connectivity index (χ0) is 15.6. The van der Waals surface area contributed by atoms with Gasteiger partial charge in [0, 0.05) is 5.69 Å². The van der Waals surface area contributed by atoms with Crippen molar-refractivity contribution in [1.29, 1.82) is 0 Å². The monoisotopic (exact) mass is 303 g/mol. The van der Waals surface area contributed by atoms with E-state index in [0.29, 0.717) is 11.6 Å². The average Bonchev–Trinajstić information content (AvgIpc) is 2.37. The number of sulfonamides is 1. The second-order valence-corrected chi connectivity index (χ2v) is 7.39. The number of rotatable bonds is 4. The summed E-state index contributed by atoms with van der Waals surface area (Å²) in [5.74, 6) is 0.383. The highest BCUT2D eigenvalue weighted by molar-refractivity contribution is 7.92. The Morgan fingerprint density at radius 1 is 0.905 bits per heavy atom. The molecule has 0 amide bonds. The van der Waals surface area contributed by atoms with Crippen molar-refractivity contribution in [3.63, 3.8) is 0 Å². The van der Waals surface area contributed by atoms with Crippen molar-refractivity contribution in [1.82, 2.24) is 0 Å². The van der Waals surface area contributed by atoms with Crippen molar-refractivity contribution in [2.75, 3.05) is 4.72 Å². The molecule has 2 rings (SSSR count). The molecule has 1 N–H and O–H groups in total. The predicted octanol–water partition coefficient (Wildman–Crippen LogP) is 4.23. The fraction of sp³-hybridized carbons (Fsp3) is 0.294. The Labute approximate surface area is 127 Å². The standard InChI is InChI=1S/C17H21NO2S/c1-12(2)15-5-7-17(8-6-15)21(19,20)18-16-10-13(3)9-14(4)11-16/h5-12,18H,1-4H3. The number of hydrogen-bond donors (Lipinski definition) is 1. The summed E-state index contributed by atoms with van der Waals surface area (Å²) in [7, 11) is -3.54. The molecule has 3 nitrogen and oxygen atoms in total. The van der Waals surface area contributed by atoms with E-state index >= 15 is 0 Å². The van der Waals surface area contributed by atoms with Crippen molar-refractivity contribution in [3.8, 4) is 0 Å². The van der Waals surface area contributed by atoms with E-state index in [1.807, 2.05) is 44.2 Å². The second-order valence-electron chi connectivity index (χ2n) is 5.71. The van der Waals surface area contributed by atoms with Crippen LogP contribution in [0.3, 0.4) is 0 Å². The molecule has 0 aliphatic rings. The molecule has 2 aromatic rings. The lowest BCUT2D eigenvalue weighted by Gasteiger charge is -2.11. The van der Waals surface area contributed by atoms with Crippen molar-refractivity contribution < 1.29 is 8.42 Å². The van der Waals surface area contributed by atoms with Crippen LogP contribution in [-0.2, 0) is 10.0 Å². The van der Waals surface area contributed by atoms with Gasteiger partial charge in [-0.05, 0) is 60.7 Å². The first kappa shape index (κ1) is 15.6. The molecule has 0 saturated carbocycles. The Morgan fingerprint density at radius 3 is 1.90 bits per heavy atom. The van der Waals surface area contributed by atoms with E-state index in [-0.39, 0.29) is 4.90 Å². The van der Waals surface area contributed by atoms with Crippen LogP contribution in [0.2, 0.25) is 0 Å². The van der Waals surface area contributed by atoms with Gasteiger partial charge in [-0.25, -0.2) is 8.42 Å². The van der Waals surface area contributed by atoms with Crippen LogP contribution in [0.4, 0.5) is 5.69 Å². The van der Waals surface area contributed by atoms with Crippen molar-refractivity contribution >= 4 is 15.7 Å². The van der Waals surface area contributed by atoms with Gasteiger partial charge in [-0.2, -0.15) is 0 Å². The van der Waals surface area contributed by atoms with Gasteiger partial charge in [0.2, 0.25) is 0 Å². The summed E-state index contributed by atoms with van der Waals surface area (Å²) in [6.45, 7) is 8.05. The van der Waals surface area contributed by atoms with Gasteiger partial charge >= 0.3 is 0 Å². The number of aryl methyl sites for hydroxylation is 2. The third-order valence-corrected chi connectivity index (χ3v) is 4.73. The summed E-state index contributed by atoms with van der Waals surface area (Å²) >= 11 is 0. The van der Waals surface area contributed by atoms with Crippen LogP contribution >= 0.6 is 0 Å². The summed E-state index contributed by atoms with van der Waals surface area (Å²) in [6.07, 6.45) is 0. The fourth-order valence-electron chi connectivity index (χ4n) is 2.28. The summed E-state index contributed by atoms with van der Waals surface area (Å²) in [6, 6.07) is 12.7. The Bertz CT molecular complexity index is 712. The van der Waals surface area contributed by atoms with Crippen molar-refractivity contribution in [2.45, 2.75) is 38.5 Å². The Balaban J connectivity index is 2.29. The quantitative estimate of drug-likeness (QED) is 0.919. The molecule has 112 valence electrons. The maximum Gasteiger partial charge on any atom is 0.261 e. The molecule has 21 heavy (non-hydrogen) atoms. The molecule has 4 heteroatoms. The second kappa shape index (κ2) is 5.90. The number of benzene rings is 2. The normalized spacial score (nSPS) is 11.7. The third-order valence-electron chi connectivity index (χ3n) is 3.33. The average molecular weight is 303 g/mol. The van der Waals surface area contributed by atoms with E-state index in [9.17, 15) is 8.42 Å². The first-order chi connectivity index (χ1) is 9.78. The maximum absolute atomic E-state index is 12.4. The minimum atomic E-state index is -3.54. The summed E-state index contributed by atoms with van der Waals surface area (Å²) in [5, 5.41) is 0. The van der Waals surface area contributed by atoms with Gasteiger partial charge < -0.3 is 0 Å². The maximum atomic E-state index is 12.4. The van der Waals surface area contributed by atoms with E-state index < -0.39 is 10.0 Å². The molecule has 0 atom stereocenters. The largest absolute Gasteiger partial charge is 0.280 e. The molecular weight excluding hydrogens is 282 g/mol. The molecule has 0 heterocycles. The van der Waals surface area contributed by atoms with E-state index in [0.717, 1.165) is 16.7 Å². The van der Waals surface area contributed by atoms with Crippen LogP contribution < -0.4 is 4.72 Å². The van der Waals surface area contributed by atoms with Crippen LogP contribution in [0.5, 0.6) is 0 Å². The van der Waals surface area contributed by atoms with Crippen LogP contribution in [0, 0.1) is 13.8 Å². The lowest BCUT2D eigenvalue weighted by atomic mass is 10.0. The smallest absolute Gasteiger partial charge is 0.261 e. The molecule has 0 spiro atoms. The summed E-state index contributed by atoms with van der Waals surface area (Å²) in [5.41, 5.74) is 3.78. The van der Waals surface area contributed by atoms with Gasteiger partial charge in [-0.15, -0.1) is 0 Å². The van der Waals surface area contributed by atoms with Gasteiger partial charge in [0.15, 0.2) is 0 Å². The fourth-order valence-corrected chi connectivity index (χ4v) is 3.32. The SMILES string of the molecule is Cc1cc(C)cc(NS(=O)(=O)c2ccc(C(C)C)cc2)c1. The zero-order valence-electron chi connectivity index (χ0n) is 12.8. The molecule has 0 aliphatic heterocycles. The van der Waals surface area contributed by atoms with Crippen LogP contribution in [-0.4, -0.2) is 8.42 Å². The van der Waals surface area contributed by atoms with Crippen molar-refractivity contribution in [3.05, 3.63) is 59.2 Å². The van der Waals surface area contributed by atoms with Gasteiger partial charge in [-0.1, -0.05) is 32.0 Å². The molecule has 0 fully saturated rings. The van der Waals surface area contributed by atoms with E-state index in [4.69, 9.17) is 0 Å². The highest BCUT2D eigenvalue weighted by Crippen LogP contribution is 2.21. The van der Waals surface area contributed by atoms with E-state index in [2.05, 4.69) is 18.6 Å². The minimum Gasteiger partial charge on any atom is -0.280 e. The molecule has 0 aromatic heterocycles. The van der Waals surface area contributed by atoms with Crippen LogP contribution in [0.25, 0.3) is 0 Å². The molecule has 0 unspecified atom stereocenters. The van der Waals surface area contributed by atoms with Gasteiger partial charge in [0.05, 0.1) is 4.90 Å². The van der Waals surface area contributed by atoms with E-state index in [1.54, 1.807) is 12.1 Å². The Morgan fingerprint density at radius 2 is 1.43 bits per heavy atom. The highest BCUT2D eigenvalue weighted by Gasteiger charge is 2.14. The number of hydrogen-bond acceptors (Lipinski definition) is 2. The lowest BCUT2D eigenvalue weighted by Crippen LogP contribution is -2.13. The molecule has 0 aliphatic carbocycles. The van der Waals surface area contributed by atoms with Gasteiger partial charge in [-0.3, -0.25) is 4.72 Å². The highest BCUT2D eigenvalue weighted by atomic mass is 32.2. The minimum absolute atomic E-state index is 0.283. The van der Waals surface area contributed by atoms with Crippen LogP contribution in [0.1, 0.15) is 36.5 Å². The van der Waals surface area contributed by atoms with Gasteiger partial charge in [0.25, 0.3) is 10.0 Å². The zero-order valence-corrected chi connectivity index (χ0v) is 13.7. The lowest BCUT2D eigenvalue weighted by molar-refractivity contribution is 0.601. The Kier molecular flexibility index (Phi) is 4.37. The van der Waals surface area contributed by atoms with Gasteiger partial charge in [0.1, 0.15) is 0 Å². The van der Waals surface area contributed by atoms with Crippen molar-refractivity contribution in [2.24, 2.45) is 0 Å². The summed E-state index contributed by atoms with van der Waals surface area (Å²) in [4.78, 5) is 0.283. The molecule has 0 radical (unpaired) electrons. The first-order valence-corrected chi connectivity index (χ1v) is 8.47. The molecule has 0 bridgehead atoms. The number of anilines is 1. The summed E-state index contributed by atoms with van der Waals surface area (Å²) < 4.78 is 27.4. The topological polar surface area (TPSA) is 46.2 Å². The Hall–Kier alpha value is -1.81. The first-order valence-electron chi connectivity index (χ1n) is 6.99. The predicted molar refractivity (Wildman–Crippen MR) is 87.3 cm³/mol. The van der Waals surface area contributed by atoms with Crippen LogP contribution in [0.15, 0.2) is 47.4 Å². The molecule has 2 aromatic carbocycles. The molecular formula is C17H21NO2S.